The lowest BCUT2D eigenvalue weighted by Crippen LogP contribution is -2.31. The normalized spacial score (nSPS) is 15.2. The largest absolute Gasteiger partial charge is 0.370 e. The molecular weight excluding hydrogens is 350 g/mol. The van der Waals surface area contributed by atoms with Crippen LogP contribution in [0.3, 0.4) is 0 Å². The molecule has 7 nitrogen and oxygen atoms in total. The number of carbonyl (C=O) groups excluding carboxylic acids is 2. The van der Waals surface area contributed by atoms with Crippen LogP contribution < -0.4 is 5.73 Å². The van der Waals surface area contributed by atoms with Gasteiger partial charge >= 0.3 is 0 Å². The van der Waals surface area contributed by atoms with Crippen LogP contribution >= 0.6 is 11.8 Å². The highest BCUT2D eigenvalue weighted by Gasteiger charge is 2.30. The SMILES string of the molecule is Cn1c(CCC(N)=O)nnc1S[C@@H](C(=O)N1CCCC1)c1ccccc1. The van der Waals surface area contributed by atoms with Crippen LogP contribution in [0.2, 0.25) is 0 Å². The fourth-order valence-corrected chi connectivity index (χ4v) is 4.10. The van der Waals surface area contributed by atoms with Gasteiger partial charge in [0.25, 0.3) is 0 Å². The number of benzene rings is 1. The Morgan fingerprint density at radius 3 is 2.54 bits per heavy atom. The first-order valence-corrected chi connectivity index (χ1v) is 9.61. The van der Waals surface area contributed by atoms with Gasteiger partial charge in [-0.15, -0.1) is 10.2 Å². The standard InChI is InChI=1S/C18H23N5O2S/c1-22-15(10-9-14(19)24)20-21-18(22)26-16(13-7-3-2-4-8-13)17(25)23-11-5-6-12-23/h2-4,7-8,16H,5-6,9-12H2,1H3,(H2,19,24)/t16-/m1/s1. The zero-order chi connectivity index (χ0) is 18.5. The van der Waals surface area contributed by atoms with Crippen molar-refractivity contribution in [3.05, 3.63) is 41.7 Å². The molecule has 0 radical (unpaired) electrons. The Balaban J connectivity index is 1.82. The highest BCUT2D eigenvalue weighted by Crippen LogP contribution is 2.36. The van der Waals surface area contributed by atoms with Crippen LogP contribution in [0, 0.1) is 0 Å². The van der Waals surface area contributed by atoms with Gasteiger partial charge in [0.15, 0.2) is 5.16 Å². The van der Waals surface area contributed by atoms with Crippen molar-refractivity contribution in [1.82, 2.24) is 19.7 Å². The minimum Gasteiger partial charge on any atom is -0.370 e. The van der Waals surface area contributed by atoms with E-state index in [1.165, 1.54) is 11.8 Å². The number of rotatable bonds is 7. The fourth-order valence-electron chi connectivity index (χ4n) is 3.00. The Kier molecular flexibility index (Phi) is 5.92. The van der Waals surface area contributed by atoms with Crippen LogP contribution in [0.25, 0.3) is 0 Å². The zero-order valence-corrected chi connectivity index (χ0v) is 15.6. The van der Waals surface area contributed by atoms with Gasteiger partial charge in [-0.3, -0.25) is 9.59 Å². The summed E-state index contributed by atoms with van der Waals surface area (Å²) in [6.07, 6.45) is 2.78. The molecule has 1 saturated heterocycles. The molecule has 26 heavy (non-hydrogen) atoms. The van der Waals surface area contributed by atoms with Crippen molar-refractivity contribution in [3.8, 4) is 0 Å². The third kappa shape index (κ3) is 4.24. The van der Waals surface area contributed by atoms with E-state index < -0.39 is 0 Å². The second kappa shape index (κ2) is 8.35. The van der Waals surface area contributed by atoms with E-state index >= 15 is 0 Å². The monoisotopic (exact) mass is 373 g/mol. The number of amides is 2. The van der Waals surface area contributed by atoms with E-state index in [2.05, 4.69) is 10.2 Å². The van der Waals surface area contributed by atoms with Crippen LogP contribution in [-0.2, 0) is 23.1 Å². The number of nitrogens with two attached hydrogens (primary N) is 1. The molecule has 2 aromatic rings. The minimum atomic E-state index is -0.367. The maximum atomic E-state index is 13.1. The number of primary amides is 1. The Morgan fingerprint density at radius 1 is 1.19 bits per heavy atom. The number of nitrogens with zero attached hydrogens (tertiary/aromatic N) is 4. The van der Waals surface area contributed by atoms with Gasteiger partial charge < -0.3 is 15.2 Å². The Hall–Kier alpha value is -2.35. The molecule has 0 spiro atoms. The van der Waals surface area contributed by atoms with Gasteiger partial charge in [0.2, 0.25) is 11.8 Å². The van der Waals surface area contributed by atoms with Crippen molar-refractivity contribution >= 4 is 23.6 Å². The first-order valence-electron chi connectivity index (χ1n) is 8.73. The van der Waals surface area contributed by atoms with Gasteiger partial charge in [-0.05, 0) is 18.4 Å². The topological polar surface area (TPSA) is 94.1 Å². The molecule has 1 aromatic heterocycles. The predicted octanol–water partition coefficient (Wildman–Crippen LogP) is 1.69. The molecule has 1 atom stereocenters. The summed E-state index contributed by atoms with van der Waals surface area (Å²) >= 11 is 1.40. The molecule has 0 saturated carbocycles. The van der Waals surface area contributed by atoms with Crippen molar-refractivity contribution in [2.24, 2.45) is 12.8 Å². The Bertz CT molecular complexity index is 771. The van der Waals surface area contributed by atoms with Crippen molar-refractivity contribution < 1.29 is 9.59 Å². The molecule has 1 aliphatic rings. The van der Waals surface area contributed by atoms with Gasteiger partial charge in [0.05, 0.1) is 0 Å². The summed E-state index contributed by atoms with van der Waals surface area (Å²) < 4.78 is 1.83. The minimum absolute atomic E-state index is 0.111. The van der Waals surface area contributed by atoms with E-state index in [0.717, 1.165) is 31.5 Å². The van der Waals surface area contributed by atoms with Gasteiger partial charge in [0.1, 0.15) is 11.1 Å². The summed E-state index contributed by atoms with van der Waals surface area (Å²) in [6, 6.07) is 9.76. The summed E-state index contributed by atoms with van der Waals surface area (Å²) in [4.78, 5) is 26.0. The van der Waals surface area contributed by atoms with E-state index in [-0.39, 0.29) is 23.5 Å². The third-order valence-corrected chi connectivity index (χ3v) is 5.76. The van der Waals surface area contributed by atoms with Gasteiger partial charge in [0, 0.05) is 33.0 Å². The summed E-state index contributed by atoms with van der Waals surface area (Å²) in [7, 11) is 1.85. The molecule has 0 aliphatic carbocycles. The molecule has 2 heterocycles. The highest BCUT2D eigenvalue weighted by molar-refractivity contribution is 8.00. The van der Waals surface area contributed by atoms with E-state index in [1.807, 2.05) is 46.8 Å². The Labute approximate surface area is 157 Å². The maximum Gasteiger partial charge on any atom is 0.240 e. The molecule has 1 aromatic carbocycles. The second-order valence-electron chi connectivity index (χ2n) is 6.37. The quantitative estimate of drug-likeness (QED) is 0.746. The number of likely N-dealkylation sites (tertiary alicyclic amines) is 1. The molecule has 138 valence electrons. The van der Waals surface area contributed by atoms with Crippen molar-refractivity contribution in [3.63, 3.8) is 0 Å². The molecular formula is C18H23N5O2S. The van der Waals surface area contributed by atoms with Gasteiger partial charge in [-0.25, -0.2) is 0 Å². The average Bonchev–Trinajstić information content (AvgIpc) is 3.29. The average molecular weight is 373 g/mol. The summed E-state index contributed by atoms with van der Waals surface area (Å²) in [5.74, 6) is 0.431. The summed E-state index contributed by atoms with van der Waals surface area (Å²) in [6.45, 7) is 1.62. The number of thioether (sulfide) groups is 1. The van der Waals surface area contributed by atoms with E-state index in [0.29, 0.717) is 17.4 Å². The zero-order valence-electron chi connectivity index (χ0n) is 14.8. The van der Waals surface area contributed by atoms with E-state index in [4.69, 9.17) is 5.73 Å². The number of aryl methyl sites for hydroxylation is 1. The van der Waals surface area contributed by atoms with Crippen LogP contribution in [0.15, 0.2) is 35.5 Å². The van der Waals surface area contributed by atoms with Crippen molar-refractivity contribution in [2.75, 3.05) is 13.1 Å². The lowest BCUT2D eigenvalue weighted by Gasteiger charge is -2.22. The molecule has 0 unspecified atom stereocenters. The molecule has 0 bridgehead atoms. The second-order valence-corrected chi connectivity index (χ2v) is 7.44. The molecule has 3 rings (SSSR count). The third-order valence-electron chi connectivity index (χ3n) is 4.49. The van der Waals surface area contributed by atoms with Gasteiger partial charge in [-0.2, -0.15) is 0 Å². The smallest absolute Gasteiger partial charge is 0.240 e. The molecule has 2 N–H and O–H groups in total. The molecule has 2 amide bonds. The lowest BCUT2D eigenvalue weighted by molar-refractivity contribution is -0.129. The van der Waals surface area contributed by atoms with E-state index in [1.54, 1.807) is 0 Å². The van der Waals surface area contributed by atoms with Crippen LogP contribution in [0.1, 0.15) is 35.9 Å². The predicted molar refractivity (Wildman–Crippen MR) is 99.4 cm³/mol. The highest BCUT2D eigenvalue weighted by atomic mass is 32.2. The van der Waals surface area contributed by atoms with Gasteiger partial charge in [-0.1, -0.05) is 42.1 Å². The number of hydrogen-bond donors (Lipinski definition) is 1. The van der Waals surface area contributed by atoms with E-state index in [9.17, 15) is 9.59 Å². The first-order chi connectivity index (χ1) is 12.6. The Morgan fingerprint density at radius 2 is 1.88 bits per heavy atom. The van der Waals surface area contributed by atoms with Crippen LogP contribution in [0.4, 0.5) is 0 Å². The molecule has 1 fully saturated rings. The first kappa shape index (κ1) is 18.4. The number of hydrogen-bond acceptors (Lipinski definition) is 5. The lowest BCUT2D eigenvalue weighted by atomic mass is 10.1. The fraction of sp³-hybridized carbons (Fsp3) is 0.444. The van der Waals surface area contributed by atoms with Crippen molar-refractivity contribution in [1.29, 1.82) is 0 Å². The molecule has 8 heteroatoms. The van der Waals surface area contributed by atoms with Crippen LogP contribution in [0.5, 0.6) is 0 Å². The number of carbonyl (C=O) groups is 2. The maximum absolute atomic E-state index is 13.1. The van der Waals surface area contributed by atoms with Crippen LogP contribution in [-0.4, -0.2) is 44.6 Å². The number of aromatic nitrogens is 3. The summed E-state index contributed by atoms with van der Waals surface area (Å²) in [5, 5.41) is 8.67. The van der Waals surface area contributed by atoms with Crippen molar-refractivity contribution in [2.45, 2.75) is 36.1 Å². The molecule has 1 aliphatic heterocycles. The summed E-state index contributed by atoms with van der Waals surface area (Å²) in [5.41, 5.74) is 6.17.